The number of carbonyl (C=O) groups excluding carboxylic acids is 1. The monoisotopic (exact) mass is 483 g/mol. The molecule has 2 aliphatic rings. The summed E-state index contributed by atoms with van der Waals surface area (Å²) in [6.07, 6.45) is 4.65. The van der Waals surface area contributed by atoms with Crippen LogP contribution in [0.1, 0.15) is 44.1 Å². The summed E-state index contributed by atoms with van der Waals surface area (Å²) >= 11 is 0. The molecular weight excluding hydrogens is 445 g/mol. The molecule has 7 heteroatoms. The van der Waals surface area contributed by atoms with E-state index in [1.165, 1.54) is 12.1 Å². The molecule has 0 radical (unpaired) electrons. The van der Waals surface area contributed by atoms with Gasteiger partial charge in [0, 0.05) is 51.9 Å². The Morgan fingerprint density at radius 2 is 1.91 bits per heavy atom. The van der Waals surface area contributed by atoms with Crippen LogP contribution < -0.4 is 5.73 Å². The fourth-order valence-corrected chi connectivity index (χ4v) is 5.67. The maximum Gasteiger partial charge on any atom is 0.320 e. The molecule has 4 rings (SSSR count). The normalized spacial score (nSPS) is 22.3. The lowest BCUT2D eigenvalue weighted by Gasteiger charge is -2.44. The van der Waals surface area contributed by atoms with Gasteiger partial charge in [-0.1, -0.05) is 36.4 Å². The van der Waals surface area contributed by atoms with Crippen LogP contribution in [0, 0.1) is 11.7 Å². The number of hydrogen-bond acceptors (Lipinski definition) is 4. The third-order valence-electron chi connectivity index (χ3n) is 7.55. The predicted molar refractivity (Wildman–Crippen MR) is 135 cm³/mol. The Hall–Kier alpha value is -2.48. The average Bonchev–Trinajstić information content (AvgIpc) is 3.32. The Morgan fingerprint density at radius 1 is 1.11 bits per heavy atom. The van der Waals surface area contributed by atoms with Gasteiger partial charge in [0.1, 0.15) is 5.82 Å². The molecule has 2 heterocycles. The number of benzene rings is 2. The van der Waals surface area contributed by atoms with Gasteiger partial charge in [-0.3, -0.25) is 0 Å². The van der Waals surface area contributed by atoms with Crippen LogP contribution in [-0.2, 0) is 10.3 Å². The number of carbonyl (C=O) groups is 1. The molecule has 2 amide bonds. The van der Waals surface area contributed by atoms with Crippen LogP contribution in [0.25, 0.3) is 11.1 Å². The summed E-state index contributed by atoms with van der Waals surface area (Å²) < 4.78 is 19.3. The van der Waals surface area contributed by atoms with Gasteiger partial charge >= 0.3 is 6.03 Å². The molecule has 0 saturated carbocycles. The van der Waals surface area contributed by atoms with Crippen molar-refractivity contribution in [2.24, 2.45) is 11.7 Å². The number of aliphatic hydroxyl groups is 1. The first-order valence-corrected chi connectivity index (χ1v) is 12.8. The van der Waals surface area contributed by atoms with Crippen molar-refractivity contribution >= 4 is 6.03 Å². The summed E-state index contributed by atoms with van der Waals surface area (Å²) in [6.45, 7) is 3.08. The summed E-state index contributed by atoms with van der Waals surface area (Å²) in [4.78, 5) is 17.0. The number of hydrogen-bond donors (Lipinski definition) is 2. The van der Waals surface area contributed by atoms with E-state index in [9.17, 15) is 14.3 Å². The Labute approximate surface area is 207 Å². The Kier molecular flexibility index (Phi) is 8.42. The molecule has 3 atom stereocenters. The fourth-order valence-electron chi connectivity index (χ4n) is 5.67. The summed E-state index contributed by atoms with van der Waals surface area (Å²) in [5, 5.41) is 12.4. The van der Waals surface area contributed by atoms with Crippen LogP contribution in [0.2, 0.25) is 0 Å². The molecule has 2 saturated heterocycles. The SMILES string of the molecule is COCCCC[C@@](O)(c1ccccc1-c1cccc(F)c1)C1CCCN(C(=O)N2CCC(N)C2)C1. The highest BCUT2D eigenvalue weighted by Gasteiger charge is 2.43. The number of rotatable bonds is 8. The van der Waals surface area contributed by atoms with Crippen molar-refractivity contribution in [3.63, 3.8) is 0 Å². The van der Waals surface area contributed by atoms with E-state index >= 15 is 0 Å². The molecule has 2 aromatic carbocycles. The second-order valence-corrected chi connectivity index (χ2v) is 9.99. The standard InChI is InChI=1S/C28H38FN3O3/c1-35-17-5-4-14-28(34,26-12-3-2-11-25(26)21-8-6-10-23(29)18-21)22-9-7-15-31(19-22)27(33)32-16-13-24(30)20-32/h2-3,6,8,10-12,18,22,24,34H,4-5,7,9,13-17,19-20,30H2,1H3/t22?,24?,28-/m0/s1. The lowest BCUT2D eigenvalue weighted by atomic mass is 9.72. The van der Waals surface area contributed by atoms with Gasteiger partial charge in [-0.25, -0.2) is 9.18 Å². The highest BCUT2D eigenvalue weighted by Crippen LogP contribution is 2.43. The lowest BCUT2D eigenvalue weighted by molar-refractivity contribution is -0.0571. The minimum atomic E-state index is -1.16. The number of ether oxygens (including phenoxy) is 1. The zero-order valence-corrected chi connectivity index (χ0v) is 20.7. The highest BCUT2D eigenvalue weighted by molar-refractivity contribution is 5.75. The summed E-state index contributed by atoms with van der Waals surface area (Å²) in [5.74, 6) is -0.437. The van der Waals surface area contributed by atoms with Crippen LogP contribution in [0.3, 0.4) is 0 Å². The molecule has 0 aliphatic carbocycles. The maximum absolute atomic E-state index is 14.1. The molecule has 0 bridgehead atoms. The van der Waals surface area contributed by atoms with Gasteiger partial charge in [-0.2, -0.15) is 0 Å². The van der Waals surface area contributed by atoms with Crippen molar-refractivity contribution in [2.45, 2.75) is 50.2 Å². The van der Waals surface area contributed by atoms with Gasteiger partial charge in [0.05, 0.1) is 5.60 Å². The third-order valence-corrected chi connectivity index (χ3v) is 7.55. The predicted octanol–water partition coefficient (Wildman–Crippen LogP) is 4.36. The highest BCUT2D eigenvalue weighted by atomic mass is 19.1. The number of piperidine rings is 1. The van der Waals surface area contributed by atoms with E-state index in [1.807, 2.05) is 40.1 Å². The van der Waals surface area contributed by atoms with Crippen molar-refractivity contribution < 1.29 is 19.0 Å². The number of unbranched alkanes of at least 4 members (excludes halogenated alkanes) is 1. The van der Waals surface area contributed by atoms with E-state index in [0.717, 1.165) is 48.8 Å². The molecule has 190 valence electrons. The maximum atomic E-state index is 14.1. The number of likely N-dealkylation sites (tertiary alicyclic amines) is 2. The molecular formula is C28H38FN3O3. The Bertz CT molecular complexity index is 1000. The zero-order valence-electron chi connectivity index (χ0n) is 20.7. The number of halogens is 1. The van der Waals surface area contributed by atoms with Crippen LogP contribution in [0.4, 0.5) is 9.18 Å². The minimum Gasteiger partial charge on any atom is -0.385 e. The van der Waals surface area contributed by atoms with Gasteiger partial charge in [0.15, 0.2) is 0 Å². The van der Waals surface area contributed by atoms with Gasteiger partial charge in [0.2, 0.25) is 0 Å². The van der Waals surface area contributed by atoms with Gasteiger partial charge in [-0.15, -0.1) is 0 Å². The lowest BCUT2D eigenvalue weighted by Crippen LogP contribution is -2.51. The molecule has 3 N–H and O–H groups in total. The number of nitrogens with zero attached hydrogens (tertiary/aromatic N) is 2. The molecule has 0 aromatic heterocycles. The summed E-state index contributed by atoms with van der Waals surface area (Å²) in [6, 6.07) is 14.3. The number of nitrogens with two attached hydrogens (primary N) is 1. The van der Waals surface area contributed by atoms with Crippen molar-refractivity contribution in [3.8, 4) is 11.1 Å². The molecule has 6 nitrogen and oxygen atoms in total. The molecule has 2 unspecified atom stereocenters. The molecule has 35 heavy (non-hydrogen) atoms. The molecule has 2 aromatic rings. The second-order valence-electron chi connectivity index (χ2n) is 9.99. The summed E-state index contributed by atoms with van der Waals surface area (Å²) in [5.41, 5.74) is 7.25. The van der Waals surface area contributed by atoms with Gasteiger partial charge in [-0.05, 0) is 67.3 Å². The minimum absolute atomic E-state index is 0.0165. The summed E-state index contributed by atoms with van der Waals surface area (Å²) in [7, 11) is 1.68. The quantitative estimate of drug-likeness (QED) is 0.547. The first-order valence-electron chi connectivity index (χ1n) is 12.8. The first-order chi connectivity index (χ1) is 16.9. The Balaban J connectivity index is 1.65. The zero-order chi connectivity index (χ0) is 24.8. The average molecular weight is 484 g/mol. The Morgan fingerprint density at radius 3 is 2.66 bits per heavy atom. The van der Waals surface area contributed by atoms with E-state index in [-0.39, 0.29) is 23.8 Å². The van der Waals surface area contributed by atoms with Crippen LogP contribution in [-0.4, -0.2) is 66.9 Å². The van der Waals surface area contributed by atoms with Crippen molar-refractivity contribution in [3.05, 3.63) is 59.9 Å². The van der Waals surface area contributed by atoms with Crippen LogP contribution in [0.5, 0.6) is 0 Å². The molecule has 2 aliphatic heterocycles. The van der Waals surface area contributed by atoms with Gasteiger partial charge in [0.25, 0.3) is 0 Å². The number of urea groups is 1. The third kappa shape index (κ3) is 5.85. The van der Waals surface area contributed by atoms with E-state index < -0.39 is 5.60 Å². The van der Waals surface area contributed by atoms with E-state index in [0.29, 0.717) is 39.2 Å². The molecule has 0 spiro atoms. The second kappa shape index (κ2) is 11.5. The number of methoxy groups -OCH3 is 1. The van der Waals surface area contributed by atoms with Crippen molar-refractivity contribution in [1.82, 2.24) is 9.80 Å². The van der Waals surface area contributed by atoms with Crippen molar-refractivity contribution in [1.29, 1.82) is 0 Å². The fraction of sp³-hybridized carbons (Fsp3) is 0.536. The van der Waals surface area contributed by atoms with E-state index in [1.54, 1.807) is 13.2 Å². The van der Waals surface area contributed by atoms with E-state index in [4.69, 9.17) is 10.5 Å². The smallest absolute Gasteiger partial charge is 0.320 e. The molecule has 2 fully saturated rings. The van der Waals surface area contributed by atoms with Crippen LogP contribution >= 0.6 is 0 Å². The first kappa shape index (κ1) is 25.6. The van der Waals surface area contributed by atoms with E-state index in [2.05, 4.69) is 0 Å². The van der Waals surface area contributed by atoms with Gasteiger partial charge < -0.3 is 25.4 Å². The topological polar surface area (TPSA) is 79.0 Å². The van der Waals surface area contributed by atoms with Crippen LogP contribution in [0.15, 0.2) is 48.5 Å². The largest absolute Gasteiger partial charge is 0.385 e. The number of amides is 2. The van der Waals surface area contributed by atoms with Crippen molar-refractivity contribution in [2.75, 3.05) is 39.9 Å².